The maximum atomic E-state index is 12.3. The minimum Gasteiger partial charge on any atom is -0.478 e. The maximum absolute atomic E-state index is 12.3. The molecule has 0 atom stereocenters. The number of amidine groups is 1. The number of likely N-dealkylation sites (N-methyl/N-ethyl adjacent to an activating group) is 1. The molecule has 1 aliphatic heterocycles. The van der Waals surface area contributed by atoms with Crippen molar-refractivity contribution >= 4 is 40.6 Å². The van der Waals surface area contributed by atoms with Gasteiger partial charge in [0, 0.05) is 13.1 Å². The first-order chi connectivity index (χ1) is 11.5. The minimum atomic E-state index is -1.06. The van der Waals surface area contributed by atoms with Crippen molar-refractivity contribution in [2.45, 2.75) is 6.92 Å². The first-order valence-electron chi connectivity index (χ1n) is 7.11. The molecule has 7 heteroatoms. The number of nitrogens with zero attached hydrogens (tertiary/aromatic N) is 2. The standard InChI is InChI=1S/C17H14N2O4S/c1-10-7-8-11(23-10)9-14-15(20)19(2)17(24-14)18-13-6-4-3-5-12(13)16(21)22/h3-9H,1-2H3,(H,21,22)/b14-9-,18-17?. The van der Waals surface area contributed by atoms with Crippen LogP contribution in [0.25, 0.3) is 6.08 Å². The summed E-state index contributed by atoms with van der Waals surface area (Å²) >= 11 is 1.18. The van der Waals surface area contributed by atoms with Crippen LogP contribution in [-0.2, 0) is 4.79 Å². The molecule has 1 amide bonds. The summed E-state index contributed by atoms with van der Waals surface area (Å²) in [6.07, 6.45) is 1.65. The zero-order valence-electron chi connectivity index (χ0n) is 13.0. The summed E-state index contributed by atoms with van der Waals surface area (Å²) in [5.41, 5.74) is 0.396. The Bertz CT molecular complexity index is 882. The van der Waals surface area contributed by atoms with Crippen LogP contribution in [-0.4, -0.2) is 34.1 Å². The maximum Gasteiger partial charge on any atom is 0.337 e. The molecule has 24 heavy (non-hydrogen) atoms. The van der Waals surface area contributed by atoms with Crippen LogP contribution < -0.4 is 0 Å². The third kappa shape index (κ3) is 3.11. The fraction of sp³-hybridized carbons (Fsp3) is 0.118. The lowest BCUT2D eigenvalue weighted by Gasteiger charge is -2.08. The Labute approximate surface area is 142 Å². The van der Waals surface area contributed by atoms with Crippen molar-refractivity contribution in [3.63, 3.8) is 0 Å². The van der Waals surface area contributed by atoms with Gasteiger partial charge in [0.25, 0.3) is 5.91 Å². The Morgan fingerprint density at radius 2 is 2.04 bits per heavy atom. The smallest absolute Gasteiger partial charge is 0.337 e. The zero-order chi connectivity index (χ0) is 17.3. The van der Waals surface area contributed by atoms with Crippen LogP contribution in [0.15, 0.2) is 50.7 Å². The van der Waals surface area contributed by atoms with Gasteiger partial charge in [-0.05, 0) is 43.0 Å². The molecule has 0 unspecified atom stereocenters. The van der Waals surface area contributed by atoms with Gasteiger partial charge in [-0.1, -0.05) is 12.1 Å². The predicted molar refractivity (Wildman–Crippen MR) is 92.3 cm³/mol. The number of carbonyl (C=O) groups excluding carboxylic acids is 1. The van der Waals surface area contributed by atoms with Crippen molar-refractivity contribution in [3.05, 3.63) is 58.4 Å². The van der Waals surface area contributed by atoms with Crippen LogP contribution in [0, 0.1) is 6.92 Å². The van der Waals surface area contributed by atoms with E-state index >= 15 is 0 Å². The van der Waals surface area contributed by atoms with E-state index in [0.29, 0.717) is 21.5 Å². The van der Waals surface area contributed by atoms with Gasteiger partial charge >= 0.3 is 5.97 Å². The van der Waals surface area contributed by atoms with Gasteiger partial charge in [-0.3, -0.25) is 9.69 Å². The minimum absolute atomic E-state index is 0.0885. The summed E-state index contributed by atoms with van der Waals surface area (Å²) in [5.74, 6) is 0.0771. The van der Waals surface area contributed by atoms with Gasteiger partial charge in [-0.2, -0.15) is 0 Å². The molecule has 1 aliphatic rings. The molecule has 1 aromatic carbocycles. The summed E-state index contributed by atoms with van der Waals surface area (Å²) in [6, 6.07) is 10.0. The summed E-state index contributed by atoms with van der Waals surface area (Å²) in [6.45, 7) is 1.83. The number of hydrogen-bond acceptors (Lipinski definition) is 5. The Hall–Kier alpha value is -2.80. The number of furan rings is 1. The number of aryl methyl sites for hydroxylation is 1. The molecule has 0 aliphatic carbocycles. The second-order valence-corrected chi connectivity index (χ2v) is 6.15. The average molecular weight is 342 g/mol. The van der Waals surface area contributed by atoms with E-state index in [-0.39, 0.29) is 11.5 Å². The van der Waals surface area contributed by atoms with E-state index in [1.807, 2.05) is 13.0 Å². The van der Waals surface area contributed by atoms with Crippen molar-refractivity contribution < 1.29 is 19.1 Å². The van der Waals surface area contributed by atoms with Gasteiger partial charge in [0.15, 0.2) is 5.17 Å². The van der Waals surface area contributed by atoms with E-state index in [2.05, 4.69) is 4.99 Å². The van der Waals surface area contributed by atoms with Crippen LogP contribution in [0.5, 0.6) is 0 Å². The fourth-order valence-corrected chi connectivity index (χ4v) is 3.13. The molecule has 1 saturated heterocycles. The monoisotopic (exact) mass is 342 g/mol. The quantitative estimate of drug-likeness (QED) is 0.863. The number of carbonyl (C=O) groups is 2. The van der Waals surface area contributed by atoms with Crippen molar-refractivity contribution in [2.24, 2.45) is 4.99 Å². The van der Waals surface area contributed by atoms with Crippen LogP contribution in [0.3, 0.4) is 0 Å². The van der Waals surface area contributed by atoms with E-state index < -0.39 is 5.97 Å². The molecule has 0 saturated carbocycles. The molecule has 2 aromatic rings. The first-order valence-corrected chi connectivity index (χ1v) is 7.92. The van der Waals surface area contributed by atoms with Crippen LogP contribution >= 0.6 is 11.8 Å². The van der Waals surface area contributed by atoms with Gasteiger partial charge in [-0.25, -0.2) is 9.79 Å². The van der Waals surface area contributed by atoms with Crippen molar-refractivity contribution in [1.82, 2.24) is 4.90 Å². The molecule has 0 radical (unpaired) electrons. The number of aromatic carboxylic acids is 1. The molecule has 1 fully saturated rings. The topological polar surface area (TPSA) is 83.1 Å². The highest BCUT2D eigenvalue weighted by molar-refractivity contribution is 8.18. The van der Waals surface area contributed by atoms with Crippen molar-refractivity contribution in [2.75, 3.05) is 7.05 Å². The lowest BCUT2D eigenvalue weighted by Crippen LogP contribution is -2.23. The molecular weight excluding hydrogens is 328 g/mol. The summed E-state index contributed by atoms with van der Waals surface area (Å²) in [4.78, 5) is 29.8. The second-order valence-electron chi connectivity index (χ2n) is 5.14. The molecule has 0 spiro atoms. The number of rotatable bonds is 3. The number of carboxylic acid groups (broad SMARTS) is 1. The zero-order valence-corrected chi connectivity index (χ0v) is 13.8. The summed E-state index contributed by atoms with van der Waals surface area (Å²) in [7, 11) is 1.60. The second kappa shape index (κ2) is 6.37. The molecule has 6 nitrogen and oxygen atoms in total. The number of hydrogen-bond donors (Lipinski definition) is 1. The normalized spacial score (nSPS) is 17.9. The number of benzene rings is 1. The number of thioether (sulfide) groups is 1. The highest BCUT2D eigenvalue weighted by Crippen LogP contribution is 2.34. The highest BCUT2D eigenvalue weighted by Gasteiger charge is 2.31. The molecule has 1 N–H and O–H groups in total. The summed E-state index contributed by atoms with van der Waals surface area (Å²) < 4.78 is 5.46. The van der Waals surface area contributed by atoms with E-state index in [1.54, 1.807) is 37.4 Å². The van der Waals surface area contributed by atoms with Crippen LogP contribution in [0.1, 0.15) is 21.9 Å². The molecule has 3 rings (SSSR count). The molecular formula is C17H14N2O4S. The van der Waals surface area contributed by atoms with E-state index in [9.17, 15) is 14.7 Å². The SMILES string of the molecule is Cc1ccc(/C=C2\SC(=Nc3ccccc3C(=O)O)N(C)C2=O)o1. The third-order valence-electron chi connectivity index (χ3n) is 3.39. The number of amides is 1. The molecule has 2 heterocycles. The molecule has 1 aromatic heterocycles. The third-order valence-corrected chi connectivity index (χ3v) is 4.45. The Balaban J connectivity index is 1.95. The molecule has 0 bridgehead atoms. The average Bonchev–Trinajstić information content (AvgIpc) is 3.07. The van der Waals surface area contributed by atoms with Crippen LogP contribution in [0.2, 0.25) is 0 Å². The van der Waals surface area contributed by atoms with Crippen LogP contribution in [0.4, 0.5) is 5.69 Å². The number of aliphatic imine (C=N–C) groups is 1. The lowest BCUT2D eigenvalue weighted by atomic mass is 10.2. The van der Waals surface area contributed by atoms with E-state index in [4.69, 9.17) is 4.42 Å². The van der Waals surface area contributed by atoms with Gasteiger partial charge < -0.3 is 9.52 Å². The van der Waals surface area contributed by atoms with Gasteiger partial charge in [0.2, 0.25) is 0 Å². The Morgan fingerprint density at radius 3 is 2.71 bits per heavy atom. The van der Waals surface area contributed by atoms with Gasteiger partial charge in [-0.15, -0.1) is 0 Å². The van der Waals surface area contributed by atoms with Crippen molar-refractivity contribution in [3.8, 4) is 0 Å². The Morgan fingerprint density at radius 1 is 1.29 bits per heavy atom. The Kier molecular flexibility index (Phi) is 4.26. The number of carboxylic acids is 1. The molecule has 122 valence electrons. The fourth-order valence-electron chi connectivity index (χ4n) is 2.17. The van der Waals surface area contributed by atoms with Crippen molar-refractivity contribution in [1.29, 1.82) is 0 Å². The predicted octanol–water partition coefficient (Wildman–Crippen LogP) is 3.52. The highest BCUT2D eigenvalue weighted by atomic mass is 32.2. The van der Waals surface area contributed by atoms with Gasteiger partial charge in [0.1, 0.15) is 11.5 Å². The van der Waals surface area contributed by atoms with E-state index in [0.717, 1.165) is 5.76 Å². The lowest BCUT2D eigenvalue weighted by molar-refractivity contribution is -0.121. The first kappa shape index (κ1) is 16.1. The number of para-hydroxylation sites is 1. The van der Waals surface area contributed by atoms with E-state index in [1.165, 1.54) is 22.7 Å². The summed E-state index contributed by atoms with van der Waals surface area (Å²) in [5, 5.41) is 9.65. The largest absolute Gasteiger partial charge is 0.478 e. The van der Waals surface area contributed by atoms with Gasteiger partial charge in [0.05, 0.1) is 16.2 Å².